The number of amides is 2. The zero-order valence-corrected chi connectivity index (χ0v) is 11.2. The first-order valence-corrected chi connectivity index (χ1v) is 6.70. The van der Waals surface area contributed by atoms with Gasteiger partial charge in [0, 0.05) is 5.92 Å². The van der Waals surface area contributed by atoms with Crippen LogP contribution in [-0.2, 0) is 9.59 Å². The van der Waals surface area contributed by atoms with Crippen molar-refractivity contribution in [1.82, 2.24) is 5.32 Å². The predicted octanol–water partition coefficient (Wildman–Crippen LogP) is 2.35. The summed E-state index contributed by atoms with van der Waals surface area (Å²) >= 11 is 0. The van der Waals surface area contributed by atoms with Gasteiger partial charge < -0.3 is 10.6 Å². The minimum absolute atomic E-state index is 0.0854. The van der Waals surface area contributed by atoms with Crippen molar-refractivity contribution in [3.05, 3.63) is 29.6 Å². The molecule has 2 amide bonds. The largest absolute Gasteiger partial charge is 0.347 e. The van der Waals surface area contributed by atoms with E-state index >= 15 is 0 Å². The molecule has 0 bridgehead atoms. The van der Waals surface area contributed by atoms with Crippen LogP contribution in [0.2, 0.25) is 0 Å². The van der Waals surface area contributed by atoms with Crippen molar-refractivity contribution in [2.45, 2.75) is 25.7 Å². The van der Waals surface area contributed by atoms with E-state index < -0.39 is 29.0 Å². The Hall–Kier alpha value is -2.05. The van der Waals surface area contributed by atoms with Crippen molar-refractivity contribution in [3.8, 4) is 0 Å². The van der Waals surface area contributed by atoms with E-state index in [1.165, 1.54) is 0 Å². The van der Waals surface area contributed by atoms with E-state index in [0.717, 1.165) is 31.7 Å². The number of rotatable bonds is 4. The van der Waals surface area contributed by atoms with Gasteiger partial charge in [0.2, 0.25) is 11.8 Å². The first-order valence-electron chi connectivity index (χ1n) is 6.70. The summed E-state index contributed by atoms with van der Waals surface area (Å²) in [6.45, 7) is -0.340. The van der Waals surface area contributed by atoms with Crippen LogP contribution in [0.15, 0.2) is 12.1 Å². The number of anilines is 1. The summed E-state index contributed by atoms with van der Waals surface area (Å²) in [6, 6.07) is 1.63. The Balaban J connectivity index is 1.87. The Bertz CT molecular complexity index is 557. The number of nitrogens with one attached hydrogen (secondary N) is 2. The topological polar surface area (TPSA) is 58.2 Å². The van der Waals surface area contributed by atoms with Crippen molar-refractivity contribution >= 4 is 17.5 Å². The summed E-state index contributed by atoms with van der Waals surface area (Å²) < 4.78 is 39.1. The van der Waals surface area contributed by atoms with Gasteiger partial charge in [-0.1, -0.05) is 12.8 Å². The Kier molecular flexibility index (Phi) is 4.82. The molecule has 21 heavy (non-hydrogen) atoms. The number of halogens is 3. The van der Waals surface area contributed by atoms with Gasteiger partial charge in [0.25, 0.3) is 0 Å². The maximum absolute atomic E-state index is 13.4. The summed E-state index contributed by atoms with van der Waals surface area (Å²) in [5.74, 6) is -5.45. The maximum Gasteiger partial charge on any atom is 0.243 e. The molecule has 1 fully saturated rings. The number of carbonyl (C=O) groups excluding carboxylic acids is 2. The van der Waals surface area contributed by atoms with E-state index in [1.807, 2.05) is 0 Å². The monoisotopic (exact) mass is 300 g/mol. The number of carbonyl (C=O) groups is 2. The summed E-state index contributed by atoms with van der Waals surface area (Å²) in [4.78, 5) is 23.3. The molecule has 4 nitrogen and oxygen atoms in total. The zero-order valence-electron chi connectivity index (χ0n) is 11.2. The third kappa shape index (κ3) is 3.74. The molecule has 7 heteroatoms. The van der Waals surface area contributed by atoms with Crippen molar-refractivity contribution in [3.63, 3.8) is 0 Å². The number of hydrogen-bond donors (Lipinski definition) is 2. The van der Waals surface area contributed by atoms with Crippen molar-refractivity contribution in [2.24, 2.45) is 5.92 Å². The second kappa shape index (κ2) is 6.60. The van der Waals surface area contributed by atoms with Gasteiger partial charge in [-0.15, -0.1) is 0 Å². The molecule has 1 aromatic carbocycles. The van der Waals surface area contributed by atoms with Crippen LogP contribution in [0, 0.1) is 23.4 Å². The van der Waals surface area contributed by atoms with Crippen LogP contribution in [0.4, 0.5) is 18.9 Å². The fourth-order valence-corrected chi connectivity index (χ4v) is 2.32. The highest BCUT2D eigenvalue weighted by Gasteiger charge is 2.23. The van der Waals surface area contributed by atoms with E-state index in [1.54, 1.807) is 0 Å². The van der Waals surface area contributed by atoms with Crippen LogP contribution in [0.3, 0.4) is 0 Å². The average Bonchev–Trinajstić information content (AvgIpc) is 3.00. The Morgan fingerprint density at radius 3 is 2.43 bits per heavy atom. The lowest BCUT2D eigenvalue weighted by atomic mass is 10.1. The Morgan fingerprint density at radius 2 is 1.76 bits per heavy atom. The number of benzene rings is 1. The fourth-order valence-electron chi connectivity index (χ4n) is 2.32. The number of hydrogen-bond acceptors (Lipinski definition) is 2. The average molecular weight is 300 g/mol. The fraction of sp³-hybridized carbons (Fsp3) is 0.429. The lowest BCUT2D eigenvalue weighted by Gasteiger charge is -2.11. The SMILES string of the molecule is O=C(CNC(=O)C1CCCC1)Nc1ccc(F)c(F)c1F. The first-order chi connectivity index (χ1) is 9.99. The van der Waals surface area contributed by atoms with Crippen LogP contribution in [-0.4, -0.2) is 18.4 Å². The van der Waals surface area contributed by atoms with Gasteiger partial charge in [0.1, 0.15) is 0 Å². The molecule has 0 aliphatic heterocycles. The lowest BCUT2D eigenvalue weighted by Crippen LogP contribution is -2.36. The third-order valence-electron chi connectivity index (χ3n) is 3.46. The molecular formula is C14H15F3N2O2. The van der Waals surface area contributed by atoms with Crippen LogP contribution in [0.25, 0.3) is 0 Å². The van der Waals surface area contributed by atoms with E-state index in [9.17, 15) is 22.8 Å². The zero-order chi connectivity index (χ0) is 15.4. The molecule has 1 aliphatic rings. The van der Waals surface area contributed by atoms with Crippen LogP contribution < -0.4 is 10.6 Å². The molecule has 2 rings (SSSR count). The molecule has 1 aromatic rings. The molecule has 114 valence electrons. The molecule has 0 saturated heterocycles. The summed E-state index contributed by atoms with van der Waals surface area (Å²) in [5, 5.41) is 4.54. The van der Waals surface area contributed by atoms with Gasteiger partial charge in [-0.25, -0.2) is 13.2 Å². The Morgan fingerprint density at radius 1 is 1.10 bits per heavy atom. The highest BCUT2D eigenvalue weighted by Crippen LogP contribution is 2.24. The smallest absolute Gasteiger partial charge is 0.243 e. The van der Waals surface area contributed by atoms with Crippen molar-refractivity contribution in [2.75, 3.05) is 11.9 Å². The minimum atomic E-state index is -1.65. The molecule has 1 saturated carbocycles. The van der Waals surface area contributed by atoms with Crippen molar-refractivity contribution in [1.29, 1.82) is 0 Å². The third-order valence-corrected chi connectivity index (χ3v) is 3.46. The van der Waals surface area contributed by atoms with Crippen LogP contribution in [0.5, 0.6) is 0 Å². The van der Waals surface area contributed by atoms with Gasteiger partial charge in [0.05, 0.1) is 12.2 Å². The van der Waals surface area contributed by atoms with E-state index in [0.29, 0.717) is 6.07 Å². The van der Waals surface area contributed by atoms with Gasteiger partial charge in [0.15, 0.2) is 17.5 Å². The van der Waals surface area contributed by atoms with Gasteiger partial charge in [-0.05, 0) is 25.0 Å². The van der Waals surface area contributed by atoms with E-state index in [4.69, 9.17) is 0 Å². The molecule has 0 spiro atoms. The maximum atomic E-state index is 13.4. The minimum Gasteiger partial charge on any atom is -0.347 e. The van der Waals surface area contributed by atoms with Gasteiger partial charge in [-0.2, -0.15) is 0 Å². The first kappa shape index (κ1) is 15.3. The molecule has 0 radical (unpaired) electrons. The van der Waals surface area contributed by atoms with Gasteiger partial charge in [-0.3, -0.25) is 9.59 Å². The summed E-state index contributed by atoms with van der Waals surface area (Å²) in [5.41, 5.74) is -0.464. The molecular weight excluding hydrogens is 285 g/mol. The lowest BCUT2D eigenvalue weighted by molar-refractivity contribution is -0.127. The van der Waals surface area contributed by atoms with E-state index in [-0.39, 0.29) is 18.4 Å². The highest BCUT2D eigenvalue weighted by atomic mass is 19.2. The molecule has 0 unspecified atom stereocenters. The second-order valence-corrected chi connectivity index (χ2v) is 4.97. The standard InChI is InChI=1S/C14H15F3N2O2/c15-9-5-6-10(13(17)12(9)16)19-11(20)7-18-14(21)8-3-1-2-4-8/h5-6,8H,1-4,7H2,(H,18,21)(H,19,20). The van der Waals surface area contributed by atoms with E-state index in [2.05, 4.69) is 10.6 Å². The molecule has 0 heterocycles. The predicted molar refractivity (Wildman–Crippen MR) is 69.9 cm³/mol. The highest BCUT2D eigenvalue weighted by molar-refractivity contribution is 5.94. The van der Waals surface area contributed by atoms with Gasteiger partial charge >= 0.3 is 0 Å². The quantitative estimate of drug-likeness (QED) is 0.839. The molecule has 0 atom stereocenters. The molecule has 2 N–H and O–H groups in total. The Labute approximate surface area is 119 Å². The van der Waals surface area contributed by atoms with Crippen LogP contribution >= 0.6 is 0 Å². The summed E-state index contributed by atoms with van der Waals surface area (Å²) in [7, 11) is 0. The molecule has 0 aromatic heterocycles. The van der Waals surface area contributed by atoms with Crippen molar-refractivity contribution < 1.29 is 22.8 Å². The second-order valence-electron chi connectivity index (χ2n) is 4.97. The molecule has 1 aliphatic carbocycles. The van der Waals surface area contributed by atoms with Crippen LogP contribution in [0.1, 0.15) is 25.7 Å². The summed E-state index contributed by atoms with van der Waals surface area (Å²) in [6.07, 6.45) is 3.57. The normalized spacial score (nSPS) is 15.0.